The van der Waals surface area contributed by atoms with Crippen LogP contribution in [-0.2, 0) is 14.3 Å². The fourth-order valence-electron chi connectivity index (χ4n) is 2.48. The fraction of sp³-hybridized carbons (Fsp3) is 0.647. The summed E-state index contributed by atoms with van der Waals surface area (Å²) in [5, 5.41) is 5.21. The monoisotopic (exact) mass is 324 g/mol. The summed E-state index contributed by atoms with van der Waals surface area (Å²) in [5.41, 5.74) is 0. The lowest BCUT2D eigenvalue weighted by Crippen LogP contribution is -2.48. The number of piperazine rings is 1. The number of para-hydroxylation sites is 1. The van der Waals surface area contributed by atoms with Gasteiger partial charge in [-0.05, 0) is 39.8 Å². The van der Waals surface area contributed by atoms with Crippen LogP contribution in [0.5, 0.6) is 5.75 Å². The first-order valence-electron chi connectivity index (χ1n) is 8.14. The molecule has 1 fully saturated rings. The van der Waals surface area contributed by atoms with Crippen molar-refractivity contribution in [2.75, 3.05) is 26.2 Å². The molecule has 1 aromatic rings. The Hall–Kier alpha value is -1.18. The van der Waals surface area contributed by atoms with Crippen LogP contribution in [0.4, 0.5) is 0 Å². The van der Waals surface area contributed by atoms with Crippen molar-refractivity contribution in [3.05, 3.63) is 30.3 Å². The molecule has 0 bridgehead atoms. The van der Waals surface area contributed by atoms with Gasteiger partial charge in [0.1, 0.15) is 5.75 Å². The Morgan fingerprint density at radius 1 is 1.04 bits per heavy atom. The van der Waals surface area contributed by atoms with Crippen molar-refractivity contribution in [2.24, 2.45) is 0 Å². The summed E-state index contributed by atoms with van der Waals surface area (Å²) < 4.78 is 17.3. The zero-order chi connectivity index (χ0) is 16.7. The zero-order valence-corrected chi connectivity index (χ0v) is 14.5. The highest BCUT2D eigenvalue weighted by Gasteiger charge is 2.28. The van der Waals surface area contributed by atoms with Crippen LogP contribution < -0.4 is 10.1 Å². The molecular weight excluding hydrogens is 296 g/mol. The second kappa shape index (κ2) is 8.61. The average molecular weight is 324 g/mol. The molecule has 0 amide bonds. The number of nitrogens with zero attached hydrogens (tertiary/aromatic N) is 1. The maximum atomic E-state index is 5.90. The lowest BCUT2D eigenvalue weighted by Gasteiger charge is -2.36. The molecular formula is C17H28N2O4. The van der Waals surface area contributed by atoms with Gasteiger partial charge in [-0.15, -0.1) is 0 Å². The van der Waals surface area contributed by atoms with E-state index < -0.39 is 18.4 Å². The van der Waals surface area contributed by atoms with Crippen molar-refractivity contribution in [1.29, 1.82) is 0 Å². The van der Waals surface area contributed by atoms with Crippen LogP contribution in [0.25, 0.3) is 0 Å². The molecule has 2 atom stereocenters. The third-order valence-corrected chi connectivity index (χ3v) is 3.30. The summed E-state index contributed by atoms with van der Waals surface area (Å²) in [4.78, 5) is 5.90. The van der Waals surface area contributed by atoms with Gasteiger partial charge in [0.05, 0.1) is 0 Å². The van der Waals surface area contributed by atoms with Crippen LogP contribution in [0.3, 0.4) is 0 Å². The van der Waals surface area contributed by atoms with Crippen LogP contribution in [0, 0.1) is 0 Å². The quantitative estimate of drug-likeness (QED) is 0.741. The van der Waals surface area contributed by atoms with Crippen LogP contribution in [-0.4, -0.2) is 49.6 Å². The first-order chi connectivity index (χ1) is 10.9. The lowest BCUT2D eigenvalue weighted by atomic mass is 10.3. The van der Waals surface area contributed by atoms with Gasteiger partial charge in [0.25, 0.3) is 0 Å². The molecule has 0 spiro atoms. The Morgan fingerprint density at radius 2 is 1.70 bits per heavy atom. The van der Waals surface area contributed by atoms with Crippen LogP contribution in [0.2, 0.25) is 0 Å². The van der Waals surface area contributed by atoms with E-state index in [1.807, 2.05) is 63.1 Å². The lowest BCUT2D eigenvalue weighted by molar-refractivity contribution is -0.375. The Kier molecular flexibility index (Phi) is 6.80. The summed E-state index contributed by atoms with van der Waals surface area (Å²) in [6, 6.07) is 9.57. The second-order valence-corrected chi connectivity index (χ2v) is 5.99. The highest BCUT2D eigenvalue weighted by atomic mass is 16.9. The van der Waals surface area contributed by atoms with E-state index in [-0.39, 0.29) is 0 Å². The van der Waals surface area contributed by atoms with E-state index in [2.05, 4.69) is 5.32 Å². The van der Waals surface area contributed by atoms with Gasteiger partial charge in [-0.1, -0.05) is 18.2 Å². The van der Waals surface area contributed by atoms with Crippen molar-refractivity contribution in [3.8, 4) is 5.75 Å². The number of hydrogen-bond acceptors (Lipinski definition) is 6. The van der Waals surface area contributed by atoms with E-state index in [0.717, 1.165) is 31.9 Å². The summed E-state index contributed by atoms with van der Waals surface area (Å²) in [7, 11) is 0. The van der Waals surface area contributed by atoms with Crippen molar-refractivity contribution < 1.29 is 19.0 Å². The van der Waals surface area contributed by atoms with Crippen LogP contribution in [0.15, 0.2) is 30.3 Å². The summed E-state index contributed by atoms with van der Waals surface area (Å²) >= 11 is 0. The Bertz CT molecular complexity index is 449. The van der Waals surface area contributed by atoms with Gasteiger partial charge in [-0.3, -0.25) is 4.84 Å². The maximum Gasteiger partial charge on any atom is 0.199 e. The van der Waals surface area contributed by atoms with Crippen LogP contribution in [0.1, 0.15) is 27.7 Å². The first kappa shape index (κ1) is 18.2. The van der Waals surface area contributed by atoms with Crippen molar-refractivity contribution in [2.45, 2.75) is 46.1 Å². The zero-order valence-electron chi connectivity index (χ0n) is 14.5. The number of nitrogens with one attached hydrogen (secondary N) is 1. The molecule has 0 aromatic heterocycles. The fourth-order valence-corrected chi connectivity index (χ4v) is 2.48. The number of benzene rings is 1. The maximum absolute atomic E-state index is 5.90. The SMILES string of the molecule is CC(Oc1ccccc1)OC(C)OC(C)(C)ON1CCNCC1. The first-order valence-corrected chi connectivity index (χ1v) is 8.14. The number of hydroxylamine groups is 2. The highest BCUT2D eigenvalue weighted by molar-refractivity contribution is 5.20. The molecule has 2 unspecified atom stereocenters. The molecule has 0 aliphatic carbocycles. The average Bonchev–Trinajstić information content (AvgIpc) is 2.47. The second-order valence-electron chi connectivity index (χ2n) is 5.99. The van der Waals surface area contributed by atoms with Crippen molar-refractivity contribution >= 4 is 0 Å². The number of ether oxygens (including phenoxy) is 3. The van der Waals surface area contributed by atoms with E-state index in [1.165, 1.54) is 0 Å². The van der Waals surface area contributed by atoms with Gasteiger partial charge in [-0.2, -0.15) is 5.06 Å². The van der Waals surface area contributed by atoms with E-state index in [0.29, 0.717) is 0 Å². The molecule has 1 N–H and O–H groups in total. The summed E-state index contributed by atoms with van der Waals surface area (Å²) in [6.45, 7) is 11.0. The summed E-state index contributed by atoms with van der Waals surface area (Å²) in [5.74, 6) is 0.00646. The molecule has 1 aliphatic rings. The minimum atomic E-state index is -0.761. The third kappa shape index (κ3) is 6.85. The van der Waals surface area contributed by atoms with E-state index in [9.17, 15) is 0 Å². The minimum Gasteiger partial charge on any atom is -0.465 e. The van der Waals surface area contributed by atoms with Gasteiger partial charge < -0.3 is 19.5 Å². The van der Waals surface area contributed by atoms with Crippen LogP contribution >= 0.6 is 0 Å². The predicted molar refractivity (Wildman–Crippen MR) is 87.8 cm³/mol. The topological polar surface area (TPSA) is 52.2 Å². The molecule has 1 aromatic carbocycles. The van der Waals surface area contributed by atoms with E-state index in [4.69, 9.17) is 19.0 Å². The molecule has 130 valence electrons. The standard InChI is InChI=1S/C17H28N2O4/c1-14(21-16-8-6-5-7-9-16)20-15(2)22-17(3,4)23-19-12-10-18-11-13-19/h5-9,14-15,18H,10-13H2,1-4H3. The molecule has 2 rings (SSSR count). The minimum absolute atomic E-state index is 0.414. The smallest absolute Gasteiger partial charge is 0.199 e. The van der Waals surface area contributed by atoms with Gasteiger partial charge >= 0.3 is 0 Å². The van der Waals surface area contributed by atoms with E-state index in [1.54, 1.807) is 0 Å². The number of rotatable bonds is 8. The van der Waals surface area contributed by atoms with Gasteiger partial charge in [0, 0.05) is 26.2 Å². The number of hydrogen-bond donors (Lipinski definition) is 1. The highest BCUT2D eigenvalue weighted by Crippen LogP contribution is 2.19. The van der Waals surface area contributed by atoms with Gasteiger partial charge in [-0.25, -0.2) is 0 Å². The Morgan fingerprint density at radius 3 is 2.35 bits per heavy atom. The molecule has 6 nitrogen and oxygen atoms in total. The normalized spacial score (nSPS) is 19.3. The third-order valence-electron chi connectivity index (χ3n) is 3.30. The molecule has 1 aliphatic heterocycles. The molecule has 0 radical (unpaired) electrons. The Labute approximate surface area is 138 Å². The molecule has 23 heavy (non-hydrogen) atoms. The molecule has 1 saturated heterocycles. The van der Waals surface area contributed by atoms with Crippen molar-refractivity contribution in [1.82, 2.24) is 10.4 Å². The van der Waals surface area contributed by atoms with Gasteiger partial charge in [0.15, 0.2) is 18.4 Å². The van der Waals surface area contributed by atoms with E-state index >= 15 is 0 Å². The van der Waals surface area contributed by atoms with Gasteiger partial charge in [0.2, 0.25) is 0 Å². The van der Waals surface area contributed by atoms with Crippen molar-refractivity contribution in [3.63, 3.8) is 0 Å². The molecule has 6 heteroatoms. The Balaban J connectivity index is 1.74. The molecule has 1 heterocycles. The largest absolute Gasteiger partial charge is 0.465 e. The summed E-state index contributed by atoms with van der Waals surface area (Å²) in [6.07, 6.45) is -0.867. The molecule has 0 saturated carbocycles. The predicted octanol–water partition coefficient (Wildman–Crippen LogP) is 2.36.